The van der Waals surface area contributed by atoms with Crippen molar-refractivity contribution in [3.63, 3.8) is 0 Å². The van der Waals surface area contributed by atoms with Crippen LogP contribution in [0.4, 0.5) is 0 Å². The van der Waals surface area contributed by atoms with Gasteiger partial charge in [-0.2, -0.15) is 0 Å². The summed E-state index contributed by atoms with van der Waals surface area (Å²) in [5.74, 6) is 0.305. The van der Waals surface area contributed by atoms with Crippen LogP contribution < -0.4 is 0 Å². The first kappa shape index (κ1) is 14.2. The van der Waals surface area contributed by atoms with Gasteiger partial charge in [0.1, 0.15) is 5.41 Å². The van der Waals surface area contributed by atoms with Crippen molar-refractivity contribution >= 4 is 11.8 Å². The van der Waals surface area contributed by atoms with Crippen molar-refractivity contribution in [3.05, 3.63) is 0 Å². The average Bonchev–Trinajstić information content (AvgIpc) is 2.28. The highest BCUT2D eigenvalue weighted by atomic mass is 16.5. The molecule has 17 heavy (non-hydrogen) atoms. The fraction of sp³-hybridized carbons (Fsp3) is 0.857. The Kier molecular flexibility index (Phi) is 4.72. The van der Waals surface area contributed by atoms with Gasteiger partial charge in [0, 0.05) is 5.92 Å². The predicted molar refractivity (Wildman–Crippen MR) is 66.5 cm³/mol. The Morgan fingerprint density at radius 3 is 2.47 bits per heavy atom. The second kappa shape index (κ2) is 5.65. The fourth-order valence-corrected chi connectivity index (χ4v) is 2.59. The van der Waals surface area contributed by atoms with E-state index in [9.17, 15) is 9.59 Å². The van der Waals surface area contributed by atoms with Crippen molar-refractivity contribution in [3.8, 4) is 0 Å². The van der Waals surface area contributed by atoms with Crippen molar-refractivity contribution in [1.29, 1.82) is 0 Å². The molecule has 1 fully saturated rings. The van der Waals surface area contributed by atoms with Gasteiger partial charge in [0.15, 0.2) is 5.78 Å². The smallest absolute Gasteiger partial charge is 0.319 e. The molecular weight excluding hydrogens is 216 g/mol. The lowest BCUT2D eigenvalue weighted by molar-refractivity contribution is -0.159. The Morgan fingerprint density at radius 2 is 1.94 bits per heavy atom. The summed E-state index contributed by atoms with van der Waals surface area (Å²) < 4.78 is 4.99. The van der Waals surface area contributed by atoms with Gasteiger partial charge in [-0.25, -0.2) is 0 Å². The monoisotopic (exact) mass is 240 g/mol. The van der Waals surface area contributed by atoms with Crippen LogP contribution in [0.25, 0.3) is 0 Å². The summed E-state index contributed by atoms with van der Waals surface area (Å²) in [5, 5.41) is 0. The van der Waals surface area contributed by atoms with Gasteiger partial charge in [-0.05, 0) is 39.5 Å². The molecule has 98 valence electrons. The molecule has 2 unspecified atom stereocenters. The van der Waals surface area contributed by atoms with Crippen LogP contribution in [-0.4, -0.2) is 18.4 Å². The second-order valence-electron chi connectivity index (χ2n) is 5.68. The van der Waals surface area contributed by atoms with Crippen LogP contribution in [0, 0.1) is 17.3 Å². The Balaban J connectivity index is 2.70. The summed E-state index contributed by atoms with van der Waals surface area (Å²) in [5.41, 5.74) is -0.988. The van der Waals surface area contributed by atoms with Gasteiger partial charge in [0.05, 0.1) is 6.61 Å². The Hall–Kier alpha value is -0.860. The number of Topliss-reactive ketones (excluding diaryl/α,β-unsaturated/α-hetero) is 1. The lowest BCUT2D eigenvalue weighted by Gasteiger charge is -2.31. The van der Waals surface area contributed by atoms with Crippen LogP contribution in [0.15, 0.2) is 0 Å². The SMILES string of the molecule is CCOC(=O)C(C)(C)C(=O)C1CCCC(C)C1. The van der Waals surface area contributed by atoms with E-state index in [0.29, 0.717) is 12.5 Å². The van der Waals surface area contributed by atoms with Crippen molar-refractivity contribution in [2.75, 3.05) is 6.61 Å². The molecule has 1 aliphatic carbocycles. The molecule has 0 N–H and O–H groups in total. The zero-order chi connectivity index (χ0) is 13.1. The number of esters is 1. The Labute approximate surface area is 104 Å². The van der Waals surface area contributed by atoms with E-state index < -0.39 is 5.41 Å². The van der Waals surface area contributed by atoms with E-state index in [-0.39, 0.29) is 17.7 Å². The third-order valence-electron chi connectivity index (χ3n) is 3.71. The van der Waals surface area contributed by atoms with Crippen molar-refractivity contribution < 1.29 is 14.3 Å². The maximum absolute atomic E-state index is 12.4. The molecule has 0 radical (unpaired) electrons. The third kappa shape index (κ3) is 3.30. The van der Waals surface area contributed by atoms with Crippen molar-refractivity contribution in [1.82, 2.24) is 0 Å². The highest BCUT2D eigenvalue weighted by molar-refractivity contribution is 6.04. The fourth-order valence-electron chi connectivity index (χ4n) is 2.59. The van der Waals surface area contributed by atoms with Gasteiger partial charge in [0.2, 0.25) is 0 Å². The molecule has 0 spiro atoms. The summed E-state index contributed by atoms with van der Waals surface area (Å²) in [7, 11) is 0. The number of ether oxygens (including phenoxy) is 1. The zero-order valence-corrected chi connectivity index (χ0v) is 11.4. The molecule has 0 saturated heterocycles. The minimum absolute atomic E-state index is 0.0400. The molecule has 0 aromatic heterocycles. The van der Waals surface area contributed by atoms with Crippen LogP contribution >= 0.6 is 0 Å². The highest BCUT2D eigenvalue weighted by Crippen LogP contribution is 2.34. The maximum atomic E-state index is 12.4. The number of rotatable bonds is 4. The number of ketones is 1. The third-order valence-corrected chi connectivity index (χ3v) is 3.71. The molecule has 0 aromatic rings. The van der Waals surface area contributed by atoms with Gasteiger partial charge >= 0.3 is 5.97 Å². The number of carbonyl (C=O) groups excluding carboxylic acids is 2. The number of carbonyl (C=O) groups is 2. The van der Waals surface area contributed by atoms with E-state index in [4.69, 9.17) is 4.74 Å². The normalized spacial score (nSPS) is 25.4. The van der Waals surface area contributed by atoms with Gasteiger partial charge < -0.3 is 4.74 Å². The second-order valence-corrected chi connectivity index (χ2v) is 5.68. The molecule has 3 nitrogen and oxygen atoms in total. The minimum atomic E-state index is -0.988. The molecule has 1 saturated carbocycles. The zero-order valence-electron chi connectivity index (χ0n) is 11.4. The van der Waals surface area contributed by atoms with Crippen molar-refractivity contribution in [2.24, 2.45) is 17.3 Å². The molecule has 0 amide bonds. The molecule has 1 aliphatic rings. The predicted octanol–water partition coefficient (Wildman–Crippen LogP) is 2.97. The van der Waals surface area contributed by atoms with Crippen LogP contribution in [0.5, 0.6) is 0 Å². The summed E-state index contributed by atoms with van der Waals surface area (Å²) >= 11 is 0. The summed E-state index contributed by atoms with van der Waals surface area (Å²) in [6.45, 7) is 7.65. The average molecular weight is 240 g/mol. The molecule has 0 aliphatic heterocycles. The summed E-state index contributed by atoms with van der Waals surface area (Å²) in [6.07, 6.45) is 4.13. The van der Waals surface area contributed by atoms with Crippen LogP contribution in [0.3, 0.4) is 0 Å². The number of hydrogen-bond acceptors (Lipinski definition) is 3. The molecule has 3 heteroatoms. The number of hydrogen-bond donors (Lipinski definition) is 0. The largest absolute Gasteiger partial charge is 0.465 e. The van der Waals surface area contributed by atoms with Crippen molar-refractivity contribution in [2.45, 2.75) is 53.4 Å². The van der Waals surface area contributed by atoms with Gasteiger partial charge in [-0.1, -0.05) is 19.8 Å². The summed E-state index contributed by atoms with van der Waals surface area (Å²) in [6, 6.07) is 0. The molecular formula is C14H24O3. The lowest BCUT2D eigenvalue weighted by atomic mass is 9.72. The summed E-state index contributed by atoms with van der Waals surface area (Å²) in [4.78, 5) is 24.2. The van der Waals surface area contributed by atoms with Gasteiger partial charge in [0.25, 0.3) is 0 Å². The van der Waals surface area contributed by atoms with Gasteiger partial charge in [-0.15, -0.1) is 0 Å². The van der Waals surface area contributed by atoms with E-state index in [2.05, 4.69) is 6.92 Å². The molecule has 2 atom stereocenters. The van der Waals surface area contributed by atoms with E-state index >= 15 is 0 Å². The molecule has 0 bridgehead atoms. The minimum Gasteiger partial charge on any atom is -0.465 e. The van der Waals surface area contributed by atoms with Gasteiger partial charge in [-0.3, -0.25) is 9.59 Å². The lowest BCUT2D eigenvalue weighted by Crippen LogP contribution is -2.40. The molecule has 0 heterocycles. The first-order valence-electron chi connectivity index (χ1n) is 6.61. The quantitative estimate of drug-likeness (QED) is 0.560. The highest BCUT2D eigenvalue weighted by Gasteiger charge is 2.42. The maximum Gasteiger partial charge on any atom is 0.319 e. The molecule has 1 rings (SSSR count). The van der Waals surface area contributed by atoms with Crippen LogP contribution in [-0.2, 0) is 14.3 Å². The Morgan fingerprint density at radius 1 is 1.29 bits per heavy atom. The molecule has 0 aromatic carbocycles. The first-order valence-corrected chi connectivity index (χ1v) is 6.61. The van der Waals surface area contributed by atoms with Crippen LogP contribution in [0.2, 0.25) is 0 Å². The topological polar surface area (TPSA) is 43.4 Å². The van der Waals surface area contributed by atoms with Crippen LogP contribution in [0.1, 0.15) is 53.4 Å². The Bertz CT molecular complexity index is 294. The van der Waals surface area contributed by atoms with E-state index in [0.717, 1.165) is 19.3 Å². The van der Waals surface area contributed by atoms with E-state index in [1.807, 2.05) is 0 Å². The first-order chi connectivity index (χ1) is 7.89. The van der Waals surface area contributed by atoms with E-state index in [1.54, 1.807) is 20.8 Å². The standard InChI is InChI=1S/C14H24O3/c1-5-17-13(16)14(3,4)12(15)11-8-6-7-10(2)9-11/h10-11H,5-9H2,1-4H3. The van der Waals surface area contributed by atoms with E-state index in [1.165, 1.54) is 6.42 Å².